The monoisotopic (exact) mass is 319 g/mol. The first-order chi connectivity index (χ1) is 9.47. The van der Waals surface area contributed by atoms with E-state index in [4.69, 9.17) is 0 Å². The molecule has 0 radical (unpaired) electrons. The average molecular weight is 319 g/mol. The van der Waals surface area contributed by atoms with Crippen LogP contribution in [-0.4, -0.2) is 15.0 Å². The lowest BCUT2D eigenvalue weighted by Crippen LogP contribution is -2.01. The third-order valence-electron chi connectivity index (χ3n) is 2.71. The van der Waals surface area contributed by atoms with Gasteiger partial charge in [-0.2, -0.15) is 0 Å². The van der Waals surface area contributed by atoms with E-state index in [1.54, 1.807) is 0 Å². The molecular formula is C14H13N3S3. The molecule has 0 amide bonds. The van der Waals surface area contributed by atoms with Crippen LogP contribution in [-0.2, 0) is 6.42 Å². The molecule has 0 fully saturated rings. The van der Waals surface area contributed by atoms with E-state index in [1.807, 2.05) is 18.2 Å². The topological polar surface area (TPSA) is 38.7 Å². The van der Waals surface area contributed by atoms with Gasteiger partial charge in [0, 0.05) is 16.2 Å². The lowest BCUT2D eigenvalue weighted by Gasteiger charge is -2.11. The molecule has 0 saturated carbocycles. The van der Waals surface area contributed by atoms with Crippen LogP contribution in [0.1, 0.15) is 22.5 Å². The molecule has 102 valence electrons. The van der Waals surface area contributed by atoms with Crippen molar-refractivity contribution >= 4 is 47.7 Å². The van der Waals surface area contributed by atoms with Gasteiger partial charge in [0.1, 0.15) is 12.2 Å². The van der Waals surface area contributed by atoms with Gasteiger partial charge < -0.3 is 0 Å². The second kappa shape index (κ2) is 6.47. The van der Waals surface area contributed by atoms with Crippen molar-refractivity contribution in [3.63, 3.8) is 0 Å². The van der Waals surface area contributed by atoms with Crippen molar-refractivity contribution in [2.24, 2.45) is 0 Å². The Morgan fingerprint density at radius 3 is 2.45 bits per heavy atom. The molecule has 20 heavy (non-hydrogen) atoms. The van der Waals surface area contributed by atoms with Crippen LogP contribution >= 0.6 is 37.9 Å². The summed E-state index contributed by atoms with van der Waals surface area (Å²) in [7, 11) is 0. The van der Waals surface area contributed by atoms with Crippen LogP contribution in [0.4, 0.5) is 0 Å². The van der Waals surface area contributed by atoms with Gasteiger partial charge in [0.2, 0.25) is 0 Å². The maximum atomic E-state index is 4.34. The first-order valence-electron chi connectivity index (χ1n) is 5.73. The van der Waals surface area contributed by atoms with E-state index in [9.17, 15) is 0 Å². The van der Waals surface area contributed by atoms with Gasteiger partial charge in [-0.3, -0.25) is 0 Å². The van der Waals surface area contributed by atoms with E-state index >= 15 is 0 Å². The summed E-state index contributed by atoms with van der Waals surface area (Å²) in [5.41, 5.74) is 2.90. The molecule has 1 heterocycles. The van der Waals surface area contributed by atoms with Crippen molar-refractivity contribution in [2.75, 3.05) is 0 Å². The summed E-state index contributed by atoms with van der Waals surface area (Å²) in [6.07, 6.45) is 2.01. The zero-order valence-electron chi connectivity index (χ0n) is 10.6. The molecule has 2 rings (SSSR count). The number of thiol groups is 3. The Morgan fingerprint density at radius 1 is 1.10 bits per heavy atom. The van der Waals surface area contributed by atoms with Crippen molar-refractivity contribution in [1.29, 1.82) is 0 Å². The molecule has 0 spiro atoms. The second-order valence-electron chi connectivity index (χ2n) is 4.14. The van der Waals surface area contributed by atoms with Crippen molar-refractivity contribution in [1.82, 2.24) is 15.0 Å². The molecule has 0 unspecified atom stereocenters. The van der Waals surface area contributed by atoms with E-state index in [0.717, 1.165) is 16.7 Å². The van der Waals surface area contributed by atoms with E-state index in [2.05, 4.69) is 66.0 Å². The molecule has 0 atom stereocenters. The van der Waals surface area contributed by atoms with E-state index < -0.39 is 0 Å². The highest BCUT2D eigenvalue weighted by molar-refractivity contribution is 7.90. The molecule has 0 aliphatic heterocycles. The minimum absolute atomic E-state index is 0.404. The van der Waals surface area contributed by atoms with Crippen molar-refractivity contribution in [3.8, 4) is 0 Å². The Hall–Kier alpha value is -1.24. The standard InChI is InChI=1S/C14H13N3S3/c1-8(18)10-3-4-11(12(5-10)9(2)19)6-13-15-7-16-14(20)17-13/h3-5,7,18-19H,1-2,6H2,(H,15,16,17,20). The molecule has 0 saturated heterocycles. The van der Waals surface area contributed by atoms with Gasteiger partial charge in [-0.1, -0.05) is 25.3 Å². The molecule has 0 aliphatic carbocycles. The molecular weight excluding hydrogens is 306 g/mol. The number of benzene rings is 1. The molecule has 0 bridgehead atoms. The summed E-state index contributed by atoms with van der Waals surface area (Å²) in [5, 5.41) is 0.404. The Labute approximate surface area is 134 Å². The highest BCUT2D eigenvalue weighted by atomic mass is 32.1. The highest BCUT2D eigenvalue weighted by Crippen LogP contribution is 2.27. The van der Waals surface area contributed by atoms with Crippen molar-refractivity contribution < 1.29 is 0 Å². The van der Waals surface area contributed by atoms with Crippen molar-refractivity contribution in [2.45, 2.75) is 11.6 Å². The number of rotatable bonds is 4. The van der Waals surface area contributed by atoms with Gasteiger partial charge >= 0.3 is 0 Å². The van der Waals surface area contributed by atoms with Gasteiger partial charge in [-0.05, 0) is 22.8 Å². The molecule has 2 aromatic rings. The van der Waals surface area contributed by atoms with Crippen LogP contribution in [0.5, 0.6) is 0 Å². The van der Waals surface area contributed by atoms with Gasteiger partial charge in [0.15, 0.2) is 5.16 Å². The predicted molar refractivity (Wildman–Crippen MR) is 92.4 cm³/mol. The van der Waals surface area contributed by atoms with Crippen LogP contribution in [0.25, 0.3) is 9.81 Å². The third-order valence-corrected chi connectivity index (χ3v) is 3.43. The van der Waals surface area contributed by atoms with Gasteiger partial charge in [-0.25, -0.2) is 15.0 Å². The van der Waals surface area contributed by atoms with Crippen LogP contribution in [0.15, 0.2) is 42.8 Å². The molecule has 3 nitrogen and oxygen atoms in total. The van der Waals surface area contributed by atoms with E-state index in [1.165, 1.54) is 6.33 Å². The highest BCUT2D eigenvalue weighted by Gasteiger charge is 2.09. The fraction of sp³-hybridized carbons (Fsp3) is 0.0714. The lowest BCUT2D eigenvalue weighted by molar-refractivity contribution is 0.829. The Kier molecular flexibility index (Phi) is 4.91. The summed E-state index contributed by atoms with van der Waals surface area (Å²) in [5.74, 6) is 0.651. The fourth-order valence-electron chi connectivity index (χ4n) is 1.75. The predicted octanol–water partition coefficient (Wildman–Crippen LogP) is 3.55. The third kappa shape index (κ3) is 3.65. The van der Waals surface area contributed by atoms with Crippen molar-refractivity contribution in [3.05, 3.63) is 60.2 Å². The normalized spacial score (nSPS) is 10.3. The van der Waals surface area contributed by atoms with Crippen LogP contribution in [0, 0.1) is 0 Å². The molecule has 0 N–H and O–H groups in total. The number of nitrogens with zero attached hydrogens (tertiary/aromatic N) is 3. The molecule has 1 aromatic heterocycles. The van der Waals surface area contributed by atoms with Crippen LogP contribution in [0.2, 0.25) is 0 Å². The van der Waals surface area contributed by atoms with Gasteiger partial charge in [0.05, 0.1) is 0 Å². The first kappa shape index (κ1) is 15.2. The summed E-state index contributed by atoms with van der Waals surface area (Å²) in [6, 6.07) is 5.89. The minimum atomic E-state index is 0.404. The first-order valence-corrected chi connectivity index (χ1v) is 7.08. The zero-order valence-corrected chi connectivity index (χ0v) is 13.3. The smallest absolute Gasteiger partial charge is 0.187 e. The maximum absolute atomic E-state index is 4.34. The minimum Gasteiger partial charge on any atom is -0.221 e. The summed E-state index contributed by atoms with van der Waals surface area (Å²) >= 11 is 12.7. The maximum Gasteiger partial charge on any atom is 0.187 e. The van der Waals surface area contributed by atoms with Crippen LogP contribution < -0.4 is 0 Å². The van der Waals surface area contributed by atoms with E-state index in [0.29, 0.717) is 27.2 Å². The van der Waals surface area contributed by atoms with Gasteiger partial charge in [0.25, 0.3) is 0 Å². The van der Waals surface area contributed by atoms with Crippen LogP contribution in [0.3, 0.4) is 0 Å². The average Bonchev–Trinajstić information content (AvgIpc) is 2.38. The summed E-state index contributed by atoms with van der Waals surface area (Å²) in [4.78, 5) is 13.6. The number of hydrogen-bond donors (Lipinski definition) is 3. The van der Waals surface area contributed by atoms with Gasteiger partial charge in [-0.15, -0.1) is 37.9 Å². The fourth-order valence-corrected chi connectivity index (χ4v) is 2.27. The molecule has 0 aliphatic rings. The molecule has 1 aromatic carbocycles. The Bertz CT molecular complexity index is 683. The quantitative estimate of drug-likeness (QED) is 0.755. The summed E-state index contributed by atoms with van der Waals surface area (Å²) in [6.45, 7) is 7.70. The SMILES string of the molecule is C=C(S)c1ccc(Cc2ncnc(S)n2)c(C(=C)S)c1. The second-order valence-corrected chi connectivity index (χ2v) is 5.62. The van der Waals surface area contributed by atoms with E-state index in [-0.39, 0.29) is 0 Å². The number of hydrogen-bond acceptors (Lipinski definition) is 6. The largest absolute Gasteiger partial charge is 0.221 e. The lowest BCUT2D eigenvalue weighted by atomic mass is 10.0. The Morgan fingerprint density at radius 2 is 1.85 bits per heavy atom. The zero-order chi connectivity index (χ0) is 14.7. The molecule has 6 heteroatoms. The summed E-state index contributed by atoms with van der Waals surface area (Å²) < 4.78 is 0. The number of aromatic nitrogens is 3. The Balaban J connectivity index is 2.41.